The maximum atomic E-state index is 5.98. The number of rotatable bonds is 2. The molecular formula is C9H11ClN2OS. The third kappa shape index (κ3) is 2.75. The van der Waals surface area contributed by atoms with Crippen LogP contribution < -0.4 is 15.4 Å². The first-order valence-electron chi connectivity index (χ1n) is 3.99. The summed E-state index contributed by atoms with van der Waals surface area (Å²) in [7, 11) is 3.34. The number of benzene rings is 1. The third-order valence-electron chi connectivity index (χ3n) is 1.65. The Balaban J connectivity index is 2.83. The minimum atomic E-state index is 0.525. The normalized spacial score (nSPS) is 9.36. The van der Waals surface area contributed by atoms with Gasteiger partial charge in [0.15, 0.2) is 5.11 Å². The van der Waals surface area contributed by atoms with Gasteiger partial charge < -0.3 is 15.4 Å². The highest BCUT2D eigenvalue weighted by Gasteiger charge is 2.02. The zero-order valence-electron chi connectivity index (χ0n) is 7.93. The van der Waals surface area contributed by atoms with Crippen LogP contribution in [-0.2, 0) is 0 Å². The van der Waals surface area contributed by atoms with Gasteiger partial charge in [0.1, 0.15) is 5.75 Å². The van der Waals surface area contributed by atoms with Crippen LogP contribution in [0.15, 0.2) is 18.2 Å². The molecule has 0 unspecified atom stereocenters. The highest BCUT2D eigenvalue weighted by atomic mass is 35.5. The molecule has 76 valence electrons. The van der Waals surface area contributed by atoms with Gasteiger partial charge in [-0.15, -0.1) is 0 Å². The fourth-order valence-electron chi connectivity index (χ4n) is 0.909. The van der Waals surface area contributed by atoms with Crippen molar-refractivity contribution in [3.63, 3.8) is 0 Å². The van der Waals surface area contributed by atoms with Gasteiger partial charge in [0.2, 0.25) is 0 Å². The fraction of sp³-hybridized carbons (Fsp3) is 0.222. The molecule has 0 bridgehead atoms. The first kappa shape index (κ1) is 11.1. The Labute approximate surface area is 93.4 Å². The van der Waals surface area contributed by atoms with E-state index in [1.54, 1.807) is 20.2 Å². The van der Waals surface area contributed by atoms with E-state index in [4.69, 9.17) is 28.6 Å². The van der Waals surface area contributed by atoms with E-state index in [0.29, 0.717) is 10.1 Å². The Hall–Kier alpha value is -1.00. The molecule has 1 rings (SSSR count). The SMILES string of the molecule is CNC(=S)Nc1ccc(OC)cc1Cl. The van der Waals surface area contributed by atoms with Crippen LogP contribution in [0.25, 0.3) is 0 Å². The molecule has 1 aromatic carbocycles. The van der Waals surface area contributed by atoms with Crippen molar-refractivity contribution < 1.29 is 4.74 Å². The number of hydrogen-bond donors (Lipinski definition) is 2. The predicted molar refractivity (Wildman–Crippen MR) is 63.3 cm³/mol. The molecule has 2 N–H and O–H groups in total. The van der Waals surface area contributed by atoms with Gasteiger partial charge in [-0.05, 0) is 24.4 Å². The summed E-state index contributed by atoms with van der Waals surface area (Å²) in [5, 5.41) is 6.84. The van der Waals surface area contributed by atoms with E-state index in [-0.39, 0.29) is 0 Å². The molecule has 3 nitrogen and oxygen atoms in total. The molecular weight excluding hydrogens is 220 g/mol. The van der Waals surface area contributed by atoms with Crippen molar-refractivity contribution in [2.45, 2.75) is 0 Å². The van der Waals surface area contributed by atoms with Gasteiger partial charge in [-0.3, -0.25) is 0 Å². The van der Waals surface area contributed by atoms with E-state index < -0.39 is 0 Å². The second kappa shape index (κ2) is 5.02. The number of anilines is 1. The molecule has 14 heavy (non-hydrogen) atoms. The molecule has 1 aromatic rings. The number of halogens is 1. The summed E-state index contributed by atoms with van der Waals surface area (Å²) < 4.78 is 5.02. The van der Waals surface area contributed by atoms with Gasteiger partial charge in [0.05, 0.1) is 17.8 Å². The van der Waals surface area contributed by atoms with Crippen molar-refractivity contribution >= 4 is 34.6 Å². The Bertz CT molecular complexity index is 344. The van der Waals surface area contributed by atoms with Crippen LogP contribution >= 0.6 is 23.8 Å². The summed E-state index contributed by atoms with van der Waals surface area (Å²) >= 11 is 10.9. The maximum absolute atomic E-state index is 5.98. The first-order valence-corrected chi connectivity index (χ1v) is 4.78. The molecule has 0 spiro atoms. The van der Waals surface area contributed by atoms with Crippen molar-refractivity contribution in [2.24, 2.45) is 0 Å². The van der Waals surface area contributed by atoms with E-state index in [1.807, 2.05) is 12.1 Å². The van der Waals surface area contributed by atoms with Crippen LogP contribution in [-0.4, -0.2) is 19.3 Å². The van der Waals surface area contributed by atoms with Gasteiger partial charge in [0.25, 0.3) is 0 Å². The topological polar surface area (TPSA) is 33.3 Å². The molecule has 0 aliphatic carbocycles. The summed E-state index contributed by atoms with van der Waals surface area (Å²) in [5.41, 5.74) is 0.756. The van der Waals surface area contributed by atoms with Crippen LogP contribution in [0.3, 0.4) is 0 Å². The molecule has 0 saturated carbocycles. The van der Waals surface area contributed by atoms with Gasteiger partial charge in [-0.25, -0.2) is 0 Å². The van der Waals surface area contributed by atoms with Crippen molar-refractivity contribution in [1.29, 1.82) is 0 Å². The molecule has 0 heterocycles. The lowest BCUT2D eigenvalue weighted by atomic mass is 10.3. The van der Waals surface area contributed by atoms with E-state index in [2.05, 4.69) is 10.6 Å². The highest BCUT2D eigenvalue weighted by Crippen LogP contribution is 2.26. The summed E-state index contributed by atoms with van der Waals surface area (Å²) in [6.07, 6.45) is 0. The molecule has 0 saturated heterocycles. The van der Waals surface area contributed by atoms with Crippen molar-refractivity contribution in [3.8, 4) is 5.75 Å². The Kier molecular flexibility index (Phi) is 3.98. The van der Waals surface area contributed by atoms with Gasteiger partial charge in [0, 0.05) is 13.1 Å². The minimum Gasteiger partial charge on any atom is -0.497 e. The van der Waals surface area contributed by atoms with Gasteiger partial charge >= 0.3 is 0 Å². The zero-order valence-corrected chi connectivity index (χ0v) is 9.50. The third-order valence-corrected chi connectivity index (χ3v) is 2.27. The van der Waals surface area contributed by atoms with Crippen molar-refractivity contribution in [1.82, 2.24) is 5.32 Å². The first-order chi connectivity index (χ1) is 6.67. The summed E-state index contributed by atoms with van der Waals surface area (Å²) in [6, 6.07) is 5.35. The maximum Gasteiger partial charge on any atom is 0.170 e. The van der Waals surface area contributed by atoms with E-state index in [0.717, 1.165) is 11.4 Å². The molecule has 0 aliphatic rings. The minimum absolute atomic E-state index is 0.525. The van der Waals surface area contributed by atoms with E-state index in [1.165, 1.54) is 0 Å². The van der Waals surface area contributed by atoms with Crippen molar-refractivity contribution in [3.05, 3.63) is 23.2 Å². The van der Waals surface area contributed by atoms with Crippen LogP contribution in [0.5, 0.6) is 5.75 Å². The second-order valence-electron chi connectivity index (χ2n) is 2.55. The summed E-state index contributed by atoms with van der Waals surface area (Å²) in [4.78, 5) is 0. The Morgan fingerprint density at radius 3 is 2.71 bits per heavy atom. The smallest absolute Gasteiger partial charge is 0.170 e. The predicted octanol–water partition coefficient (Wildman–Crippen LogP) is 2.26. The largest absolute Gasteiger partial charge is 0.497 e. The second-order valence-corrected chi connectivity index (χ2v) is 3.37. The molecule has 0 aliphatic heterocycles. The average molecular weight is 231 g/mol. The van der Waals surface area contributed by atoms with Gasteiger partial charge in [-0.2, -0.15) is 0 Å². The Morgan fingerprint density at radius 1 is 1.50 bits per heavy atom. The standard InChI is InChI=1S/C9H11ClN2OS/c1-11-9(14)12-8-4-3-6(13-2)5-7(8)10/h3-5H,1-2H3,(H2,11,12,14). The van der Waals surface area contributed by atoms with Gasteiger partial charge in [-0.1, -0.05) is 11.6 Å². The molecule has 0 fully saturated rings. The number of hydrogen-bond acceptors (Lipinski definition) is 2. The van der Waals surface area contributed by atoms with E-state index in [9.17, 15) is 0 Å². The van der Waals surface area contributed by atoms with E-state index >= 15 is 0 Å². The molecule has 0 atom stereocenters. The highest BCUT2D eigenvalue weighted by molar-refractivity contribution is 7.80. The van der Waals surface area contributed by atoms with Crippen LogP contribution in [0, 0.1) is 0 Å². The molecule has 0 aromatic heterocycles. The fourth-order valence-corrected chi connectivity index (χ4v) is 1.24. The van der Waals surface area contributed by atoms with Crippen LogP contribution in [0.2, 0.25) is 5.02 Å². The lowest BCUT2D eigenvalue weighted by molar-refractivity contribution is 0.415. The molecule has 0 amide bonds. The number of ether oxygens (including phenoxy) is 1. The summed E-state index contributed by atoms with van der Waals surface area (Å²) in [5.74, 6) is 0.718. The molecule has 5 heteroatoms. The average Bonchev–Trinajstić information content (AvgIpc) is 2.20. The van der Waals surface area contributed by atoms with Crippen LogP contribution in [0.1, 0.15) is 0 Å². The Morgan fingerprint density at radius 2 is 2.21 bits per heavy atom. The molecule has 0 radical (unpaired) electrons. The summed E-state index contributed by atoms with van der Waals surface area (Å²) in [6.45, 7) is 0. The monoisotopic (exact) mass is 230 g/mol. The number of methoxy groups -OCH3 is 1. The van der Waals surface area contributed by atoms with Crippen LogP contribution in [0.4, 0.5) is 5.69 Å². The van der Waals surface area contributed by atoms with Crippen molar-refractivity contribution in [2.75, 3.05) is 19.5 Å². The number of thiocarbonyl (C=S) groups is 1. The number of nitrogens with one attached hydrogen (secondary N) is 2. The quantitative estimate of drug-likeness (QED) is 0.764. The lowest BCUT2D eigenvalue weighted by Crippen LogP contribution is -2.24. The lowest BCUT2D eigenvalue weighted by Gasteiger charge is -2.09. The zero-order chi connectivity index (χ0) is 10.6.